The molecule has 39 heavy (non-hydrogen) atoms. The second-order valence-corrected chi connectivity index (χ2v) is 11.4. The Hall–Kier alpha value is -2.75. The number of nitrogens with zero attached hydrogens (tertiary/aromatic N) is 5. The molecule has 0 aliphatic carbocycles. The molecule has 1 N–H and O–H groups in total. The average Bonchev–Trinajstić information content (AvgIpc) is 3.55. The highest BCUT2D eigenvalue weighted by molar-refractivity contribution is 7.47. The van der Waals surface area contributed by atoms with E-state index in [9.17, 15) is 14.7 Å². The molecule has 2 aromatic heterocycles. The molecule has 2 aliphatic heterocycles. The van der Waals surface area contributed by atoms with E-state index in [2.05, 4.69) is 21.1 Å². The fourth-order valence-electron chi connectivity index (χ4n) is 4.97. The Morgan fingerprint density at radius 1 is 1.21 bits per heavy atom. The Labute approximate surface area is 230 Å². The lowest BCUT2D eigenvalue weighted by Crippen LogP contribution is -2.45. The number of phosphoric acid groups is 1. The van der Waals surface area contributed by atoms with Crippen LogP contribution in [0, 0.1) is 11.3 Å². The van der Waals surface area contributed by atoms with Crippen molar-refractivity contribution in [1.29, 1.82) is 5.26 Å². The predicted molar refractivity (Wildman–Crippen MR) is 140 cm³/mol. The summed E-state index contributed by atoms with van der Waals surface area (Å²) in [6, 6.07) is 12.0. The Morgan fingerprint density at radius 3 is 2.64 bits per heavy atom. The van der Waals surface area contributed by atoms with Crippen molar-refractivity contribution in [2.24, 2.45) is 0 Å². The van der Waals surface area contributed by atoms with Crippen molar-refractivity contribution < 1.29 is 32.7 Å². The van der Waals surface area contributed by atoms with Gasteiger partial charge in [0.2, 0.25) is 5.60 Å². The second kappa shape index (κ2) is 10.3. The monoisotopic (exact) mass is 577 g/mol. The van der Waals surface area contributed by atoms with Gasteiger partial charge >= 0.3 is 7.82 Å². The Morgan fingerprint density at radius 2 is 1.95 bits per heavy atom. The van der Waals surface area contributed by atoms with E-state index in [1.54, 1.807) is 30.5 Å². The SMILES string of the molecule is CCN(CC)c1ncnn2c([C@@H]3O[C@](C#N)(COP(=O)(O)Oc4ccccc4Cl)[C@H]4OC(C)(C)O[C@@H]34)ccc12. The van der Waals surface area contributed by atoms with Crippen LogP contribution in [0.2, 0.25) is 5.02 Å². The number of rotatable bonds is 9. The second-order valence-electron chi connectivity index (χ2n) is 9.64. The number of halogens is 1. The fourth-order valence-corrected chi connectivity index (χ4v) is 6.01. The molecule has 2 saturated heterocycles. The van der Waals surface area contributed by atoms with Crippen LogP contribution in [0.25, 0.3) is 5.52 Å². The number of anilines is 1. The van der Waals surface area contributed by atoms with Crippen LogP contribution < -0.4 is 9.42 Å². The molecule has 0 saturated carbocycles. The van der Waals surface area contributed by atoms with E-state index in [1.165, 1.54) is 18.5 Å². The van der Waals surface area contributed by atoms with Gasteiger partial charge in [0, 0.05) is 13.1 Å². The highest BCUT2D eigenvalue weighted by Crippen LogP contribution is 2.53. The number of hydrogen-bond donors (Lipinski definition) is 1. The van der Waals surface area contributed by atoms with Crippen LogP contribution in [0.3, 0.4) is 0 Å². The van der Waals surface area contributed by atoms with Crippen LogP contribution in [0.4, 0.5) is 5.82 Å². The van der Waals surface area contributed by atoms with Crippen LogP contribution >= 0.6 is 19.4 Å². The fraction of sp³-hybridized carbons (Fsp3) is 0.480. The Kier molecular flexibility index (Phi) is 7.37. The molecule has 5 atom stereocenters. The van der Waals surface area contributed by atoms with Crippen LogP contribution in [-0.4, -0.2) is 62.8 Å². The van der Waals surface area contributed by atoms with Gasteiger partial charge in [-0.3, -0.25) is 9.42 Å². The van der Waals surface area contributed by atoms with Crippen molar-refractivity contribution in [1.82, 2.24) is 14.6 Å². The molecule has 2 fully saturated rings. The molecule has 208 valence electrons. The van der Waals surface area contributed by atoms with Crippen molar-refractivity contribution in [3.8, 4) is 11.8 Å². The number of fused-ring (bicyclic) bond motifs is 2. The molecule has 1 unspecified atom stereocenters. The Balaban J connectivity index is 1.47. The summed E-state index contributed by atoms with van der Waals surface area (Å²) in [6.07, 6.45) is -1.04. The van der Waals surface area contributed by atoms with Gasteiger partial charge in [0.25, 0.3) is 0 Å². The minimum absolute atomic E-state index is 0.0379. The van der Waals surface area contributed by atoms with E-state index >= 15 is 0 Å². The molecule has 0 spiro atoms. The number of hydrogen-bond acceptors (Lipinski definition) is 10. The minimum Gasteiger partial charge on any atom is -0.403 e. The first kappa shape index (κ1) is 27.8. The number of ether oxygens (including phenoxy) is 3. The molecule has 12 nitrogen and oxygen atoms in total. The standard InChI is InChI=1S/C25H29ClN5O7P/c1-5-30(6-2)23-18-12-11-17(31(18)29-15-28-23)20-21-22(37-24(3,4)35-21)25(13-27,36-20)14-34-39(32,33)38-19-10-8-7-9-16(19)26/h7-12,15,20-22H,5-6,14H2,1-4H3,(H,32,33)/t20-,21-,22-,25+/m0/s1. The highest BCUT2D eigenvalue weighted by atomic mass is 35.5. The van der Waals surface area contributed by atoms with E-state index in [1.807, 2.05) is 26.0 Å². The van der Waals surface area contributed by atoms with Gasteiger partial charge in [0.05, 0.1) is 10.7 Å². The van der Waals surface area contributed by atoms with E-state index in [0.717, 1.165) is 24.4 Å². The highest BCUT2D eigenvalue weighted by Gasteiger charge is 2.65. The average molecular weight is 578 g/mol. The zero-order valence-corrected chi connectivity index (χ0v) is 23.5. The van der Waals surface area contributed by atoms with Gasteiger partial charge in [-0.05, 0) is 52.0 Å². The molecular formula is C25H29ClN5O7P. The van der Waals surface area contributed by atoms with Gasteiger partial charge in [-0.2, -0.15) is 10.4 Å². The maximum absolute atomic E-state index is 12.8. The van der Waals surface area contributed by atoms with Gasteiger partial charge < -0.3 is 23.6 Å². The lowest BCUT2D eigenvalue weighted by Gasteiger charge is -2.29. The third-order valence-electron chi connectivity index (χ3n) is 6.72. The van der Waals surface area contributed by atoms with Crippen LogP contribution in [0.5, 0.6) is 5.75 Å². The van der Waals surface area contributed by atoms with E-state index in [4.69, 9.17) is 34.9 Å². The molecule has 0 radical (unpaired) electrons. The van der Waals surface area contributed by atoms with Gasteiger partial charge in [-0.15, -0.1) is 0 Å². The molecule has 2 aliphatic rings. The maximum atomic E-state index is 12.8. The van der Waals surface area contributed by atoms with Gasteiger partial charge in [0.1, 0.15) is 48.6 Å². The maximum Gasteiger partial charge on any atom is 0.527 e. The quantitative estimate of drug-likeness (QED) is 0.364. The lowest BCUT2D eigenvalue weighted by molar-refractivity contribution is -0.204. The third kappa shape index (κ3) is 5.12. The van der Waals surface area contributed by atoms with Gasteiger partial charge in [0.15, 0.2) is 11.6 Å². The van der Waals surface area contributed by atoms with Crippen molar-refractivity contribution >= 4 is 30.8 Å². The number of aromatic nitrogens is 3. The number of nitriles is 1. The first-order chi connectivity index (χ1) is 18.5. The molecule has 0 bridgehead atoms. The normalized spacial score (nSPS) is 27.2. The number of benzene rings is 1. The topological polar surface area (TPSA) is 141 Å². The first-order valence-corrected chi connectivity index (χ1v) is 14.3. The molecule has 3 aromatic rings. The zero-order valence-electron chi connectivity index (χ0n) is 21.9. The van der Waals surface area contributed by atoms with Crippen molar-refractivity contribution in [3.63, 3.8) is 0 Å². The summed E-state index contributed by atoms with van der Waals surface area (Å²) in [7, 11) is -4.71. The van der Waals surface area contributed by atoms with Gasteiger partial charge in [-0.25, -0.2) is 14.1 Å². The molecule has 5 rings (SSSR count). The third-order valence-corrected chi connectivity index (χ3v) is 7.92. The summed E-state index contributed by atoms with van der Waals surface area (Å²) < 4.78 is 43.5. The van der Waals surface area contributed by atoms with E-state index < -0.39 is 44.1 Å². The van der Waals surface area contributed by atoms with Crippen molar-refractivity contribution in [2.75, 3.05) is 24.6 Å². The molecule has 1 aromatic carbocycles. The molecule has 0 amide bonds. The predicted octanol–water partition coefficient (Wildman–Crippen LogP) is 4.28. The number of phosphoric ester groups is 1. The summed E-state index contributed by atoms with van der Waals surface area (Å²) in [5.41, 5.74) is -0.438. The summed E-state index contributed by atoms with van der Waals surface area (Å²) in [6.45, 7) is 8.40. The van der Waals surface area contributed by atoms with Crippen LogP contribution in [0.15, 0.2) is 42.7 Å². The van der Waals surface area contributed by atoms with Crippen LogP contribution in [-0.2, 0) is 23.3 Å². The van der Waals surface area contributed by atoms with Crippen molar-refractivity contribution in [2.45, 2.75) is 57.4 Å². The Bertz CT molecular complexity index is 1460. The molecule has 4 heterocycles. The number of para-hydroxylation sites is 1. The minimum atomic E-state index is -4.71. The lowest BCUT2D eigenvalue weighted by atomic mass is 9.96. The summed E-state index contributed by atoms with van der Waals surface area (Å²) in [4.78, 5) is 17.0. The molecule has 14 heteroatoms. The molecular weight excluding hydrogens is 549 g/mol. The van der Waals surface area contributed by atoms with E-state index in [0.29, 0.717) is 5.69 Å². The summed E-state index contributed by atoms with van der Waals surface area (Å²) >= 11 is 6.05. The van der Waals surface area contributed by atoms with E-state index in [-0.39, 0.29) is 10.8 Å². The smallest absolute Gasteiger partial charge is 0.403 e. The van der Waals surface area contributed by atoms with Crippen molar-refractivity contribution in [3.05, 3.63) is 53.4 Å². The van der Waals surface area contributed by atoms with Gasteiger partial charge in [-0.1, -0.05) is 23.7 Å². The van der Waals surface area contributed by atoms with Crippen LogP contribution in [0.1, 0.15) is 39.5 Å². The first-order valence-electron chi connectivity index (χ1n) is 12.5. The zero-order chi connectivity index (χ0) is 28.0. The largest absolute Gasteiger partial charge is 0.527 e. The summed E-state index contributed by atoms with van der Waals surface area (Å²) in [5, 5.41) is 14.9. The summed E-state index contributed by atoms with van der Waals surface area (Å²) in [5.74, 6) is -0.332.